The van der Waals surface area contributed by atoms with Crippen LogP contribution in [0.2, 0.25) is 0 Å². The number of nitrogens with one attached hydrogen (secondary N) is 2. The summed E-state index contributed by atoms with van der Waals surface area (Å²) >= 11 is 0. The fraction of sp³-hybridized carbons (Fsp3) is 0.692. The van der Waals surface area contributed by atoms with Crippen molar-refractivity contribution in [3.63, 3.8) is 0 Å². The van der Waals surface area contributed by atoms with Gasteiger partial charge in [-0.3, -0.25) is 0 Å². The molecule has 0 saturated heterocycles. The van der Waals surface area contributed by atoms with Crippen LogP contribution in [0.5, 0.6) is 0 Å². The van der Waals surface area contributed by atoms with Crippen LogP contribution in [0.3, 0.4) is 0 Å². The Balaban J connectivity index is 2.25. The summed E-state index contributed by atoms with van der Waals surface area (Å²) in [7, 11) is -1.51. The van der Waals surface area contributed by atoms with Gasteiger partial charge in [0.2, 0.25) is 10.0 Å². The summed E-state index contributed by atoms with van der Waals surface area (Å²) in [6.07, 6.45) is 4.75. The van der Waals surface area contributed by atoms with E-state index in [2.05, 4.69) is 23.9 Å². The van der Waals surface area contributed by atoms with Crippen molar-refractivity contribution in [1.82, 2.24) is 14.6 Å². The highest BCUT2D eigenvalue weighted by Gasteiger charge is 2.26. The smallest absolute Gasteiger partial charge is 0.242 e. The molecule has 1 fully saturated rings. The molecule has 108 valence electrons. The van der Waals surface area contributed by atoms with Crippen LogP contribution in [0, 0.1) is 0 Å². The molecule has 2 N–H and O–H groups in total. The Morgan fingerprint density at radius 3 is 2.58 bits per heavy atom. The van der Waals surface area contributed by atoms with Crippen LogP contribution < -0.4 is 10.0 Å². The molecule has 6 heteroatoms. The Bertz CT molecular complexity index is 530. The molecule has 0 atom stereocenters. The third-order valence-corrected chi connectivity index (χ3v) is 5.05. The molecule has 5 nitrogen and oxygen atoms in total. The average Bonchev–Trinajstić information content (AvgIpc) is 2.69. The Morgan fingerprint density at radius 1 is 1.42 bits per heavy atom. The van der Waals surface area contributed by atoms with Gasteiger partial charge in [0.05, 0.1) is 4.90 Å². The molecule has 1 saturated carbocycles. The second-order valence-electron chi connectivity index (χ2n) is 5.45. The molecule has 1 aliphatic carbocycles. The van der Waals surface area contributed by atoms with Gasteiger partial charge >= 0.3 is 0 Å². The minimum Gasteiger partial charge on any atom is -0.346 e. The molecule has 19 heavy (non-hydrogen) atoms. The second kappa shape index (κ2) is 5.64. The number of hydrogen-bond donors (Lipinski definition) is 2. The van der Waals surface area contributed by atoms with Crippen molar-refractivity contribution < 1.29 is 8.42 Å². The third kappa shape index (κ3) is 3.19. The van der Waals surface area contributed by atoms with Crippen LogP contribution in [-0.4, -0.2) is 26.1 Å². The molecular formula is C13H23N3O2S. The number of rotatable bonds is 6. The molecule has 0 bridgehead atoms. The van der Waals surface area contributed by atoms with E-state index >= 15 is 0 Å². The summed E-state index contributed by atoms with van der Waals surface area (Å²) < 4.78 is 29.3. The van der Waals surface area contributed by atoms with E-state index in [0.29, 0.717) is 11.4 Å². The van der Waals surface area contributed by atoms with Crippen molar-refractivity contribution in [2.75, 3.05) is 7.05 Å². The van der Waals surface area contributed by atoms with Gasteiger partial charge < -0.3 is 9.88 Å². The number of nitrogens with zero attached hydrogens (tertiary/aromatic N) is 1. The predicted molar refractivity (Wildman–Crippen MR) is 75.5 cm³/mol. The molecule has 0 aliphatic heterocycles. The third-order valence-electron chi connectivity index (χ3n) is 3.56. The Kier molecular flexibility index (Phi) is 4.32. The molecule has 0 radical (unpaired) electrons. The van der Waals surface area contributed by atoms with Gasteiger partial charge in [-0.25, -0.2) is 13.1 Å². The zero-order valence-corrected chi connectivity index (χ0v) is 12.6. The lowest BCUT2D eigenvalue weighted by Crippen LogP contribution is -2.39. The minimum atomic E-state index is -3.37. The molecule has 1 aromatic rings. The maximum atomic E-state index is 12.3. The van der Waals surface area contributed by atoms with Crippen LogP contribution in [0.15, 0.2) is 17.2 Å². The maximum absolute atomic E-state index is 12.3. The lowest BCUT2D eigenvalue weighted by atomic mass is 9.94. The Labute approximate surface area is 115 Å². The first-order chi connectivity index (χ1) is 8.94. The quantitative estimate of drug-likeness (QED) is 0.835. The van der Waals surface area contributed by atoms with Gasteiger partial charge in [-0.05, 0) is 39.8 Å². The number of aromatic nitrogens is 1. The molecule has 0 aromatic carbocycles. The van der Waals surface area contributed by atoms with Gasteiger partial charge in [0, 0.05) is 30.5 Å². The first-order valence-electron chi connectivity index (χ1n) is 6.81. The first kappa shape index (κ1) is 14.6. The normalized spacial score (nSPS) is 16.8. The average molecular weight is 285 g/mol. The van der Waals surface area contributed by atoms with E-state index in [1.165, 1.54) is 0 Å². The SMILES string of the molecule is CNCc1cc(S(=O)(=O)NC2CCC2)cn1C(C)C. The number of hydrogen-bond acceptors (Lipinski definition) is 3. The largest absolute Gasteiger partial charge is 0.346 e. The van der Waals surface area contributed by atoms with Crippen LogP contribution in [0.1, 0.15) is 44.8 Å². The van der Waals surface area contributed by atoms with Gasteiger partial charge in [0.15, 0.2) is 0 Å². The van der Waals surface area contributed by atoms with E-state index in [0.717, 1.165) is 25.0 Å². The van der Waals surface area contributed by atoms with Crippen LogP contribution >= 0.6 is 0 Å². The van der Waals surface area contributed by atoms with Gasteiger partial charge in [-0.1, -0.05) is 6.42 Å². The van der Waals surface area contributed by atoms with Crippen molar-refractivity contribution in [3.8, 4) is 0 Å². The highest BCUT2D eigenvalue weighted by Crippen LogP contribution is 2.23. The molecule has 0 unspecified atom stereocenters. The molecule has 1 heterocycles. The zero-order valence-electron chi connectivity index (χ0n) is 11.8. The summed E-state index contributed by atoms with van der Waals surface area (Å²) in [4.78, 5) is 0.373. The van der Waals surface area contributed by atoms with Gasteiger partial charge in [0.25, 0.3) is 0 Å². The van der Waals surface area contributed by atoms with Gasteiger partial charge in [0.1, 0.15) is 0 Å². The summed E-state index contributed by atoms with van der Waals surface area (Å²) in [5, 5.41) is 3.07. The molecule has 0 spiro atoms. The summed E-state index contributed by atoms with van der Waals surface area (Å²) in [6, 6.07) is 2.13. The monoisotopic (exact) mass is 285 g/mol. The zero-order chi connectivity index (χ0) is 14.0. The van der Waals surface area contributed by atoms with Crippen molar-refractivity contribution in [3.05, 3.63) is 18.0 Å². The first-order valence-corrected chi connectivity index (χ1v) is 8.30. The van der Waals surface area contributed by atoms with Gasteiger partial charge in [-0.15, -0.1) is 0 Å². The van der Waals surface area contributed by atoms with Crippen LogP contribution in [0.4, 0.5) is 0 Å². The van der Waals surface area contributed by atoms with Gasteiger partial charge in [-0.2, -0.15) is 0 Å². The Morgan fingerprint density at radius 2 is 2.11 bits per heavy atom. The standard InChI is InChI=1S/C13H23N3O2S/c1-10(2)16-9-13(7-12(16)8-14-3)19(17,18)15-11-5-4-6-11/h7,9-11,14-15H,4-6,8H2,1-3H3. The summed E-state index contributed by atoms with van der Waals surface area (Å²) in [5.41, 5.74) is 0.992. The van der Waals surface area contributed by atoms with E-state index in [-0.39, 0.29) is 12.1 Å². The topological polar surface area (TPSA) is 63.1 Å². The number of sulfonamides is 1. The fourth-order valence-corrected chi connectivity index (χ4v) is 3.61. The highest BCUT2D eigenvalue weighted by atomic mass is 32.2. The summed E-state index contributed by atoms with van der Waals surface area (Å²) in [5.74, 6) is 0. The molecule has 0 amide bonds. The summed E-state index contributed by atoms with van der Waals surface area (Å²) in [6.45, 7) is 4.76. The maximum Gasteiger partial charge on any atom is 0.242 e. The van der Waals surface area contributed by atoms with Crippen molar-refractivity contribution in [1.29, 1.82) is 0 Å². The Hall–Kier alpha value is -0.850. The van der Waals surface area contributed by atoms with Crippen molar-refractivity contribution in [2.45, 2.75) is 56.6 Å². The van der Waals surface area contributed by atoms with Crippen molar-refractivity contribution in [2.24, 2.45) is 0 Å². The van der Waals surface area contributed by atoms with Crippen LogP contribution in [-0.2, 0) is 16.6 Å². The second-order valence-corrected chi connectivity index (χ2v) is 7.16. The van der Waals surface area contributed by atoms with Crippen molar-refractivity contribution >= 4 is 10.0 Å². The fourth-order valence-electron chi connectivity index (χ4n) is 2.26. The molecular weight excluding hydrogens is 262 g/mol. The van der Waals surface area contributed by atoms with Crippen LogP contribution in [0.25, 0.3) is 0 Å². The molecule has 1 aliphatic rings. The lowest BCUT2D eigenvalue weighted by Gasteiger charge is -2.25. The van der Waals surface area contributed by atoms with E-state index < -0.39 is 10.0 Å². The lowest BCUT2D eigenvalue weighted by molar-refractivity contribution is 0.383. The van der Waals surface area contributed by atoms with E-state index in [1.54, 1.807) is 12.3 Å². The van der Waals surface area contributed by atoms with E-state index in [4.69, 9.17) is 0 Å². The highest BCUT2D eigenvalue weighted by molar-refractivity contribution is 7.89. The van der Waals surface area contributed by atoms with E-state index in [9.17, 15) is 8.42 Å². The minimum absolute atomic E-state index is 0.125. The van der Waals surface area contributed by atoms with E-state index in [1.807, 2.05) is 11.6 Å². The molecule has 1 aromatic heterocycles. The predicted octanol–water partition coefficient (Wildman–Crippen LogP) is 1.62. The molecule has 2 rings (SSSR count).